The van der Waals surface area contributed by atoms with Gasteiger partial charge in [-0.05, 0) is 129 Å². The molecule has 1 atom stereocenters. The third-order valence-electron chi connectivity index (χ3n) is 16.6. The van der Waals surface area contributed by atoms with Crippen LogP contribution < -0.4 is 4.74 Å². The minimum atomic E-state index is -0.533. The van der Waals surface area contributed by atoms with Crippen molar-refractivity contribution >= 4 is 16.3 Å². The number of para-hydroxylation sites is 1. The van der Waals surface area contributed by atoms with Crippen LogP contribution in [0.3, 0.4) is 0 Å². The zero-order valence-electron chi connectivity index (χ0n) is 40.2. The highest BCUT2D eigenvalue weighted by Crippen LogP contribution is 2.65. The summed E-state index contributed by atoms with van der Waals surface area (Å²) in [5.74, 6) is 2.09. The first-order valence-corrected chi connectivity index (χ1v) is 24.9. The normalized spacial score (nSPS) is 17.0. The molecule has 1 unspecified atom stereocenters. The Balaban J connectivity index is 0.925. The van der Waals surface area contributed by atoms with Gasteiger partial charge in [-0.25, -0.2) is 0 Å². The molecule has 9 aromatic rings. The van der Waals surface area contributed by atoms with Crippen molar-refractivity contribution in [3.8, 4) is 44.9 Å². The minimum Gasteiger partial charge on any atom is -0.456 e. The topological polar surface area (TPSA) is 9.23 Å². The van der Waals surface area contributed by atoms with Crippen LogP contribution in [0.5, 0.6) is 11.5 Å². The van der Waals surface area contributed by atoms with Gasteiger partial charge in [0.2, 0.25) is 0 Å². The zero-order chi connectivity index (χ0) is 46.6. The minimum absolute atomic E-state index is 0.00878. The number of ether oxygens (including phenoxy) is 1. The Morgan fingerprint density at radius 2 is 0.870 bits per heavy atom. The Morgan fingerprint density at radius 1 is 0.406 bits per heavy atom. The van der Waals surface area contributed by atoms with Gasteiger partial charge >= 0.3 is 0 Å². The van der Waals surface area contributed by atoms with Crippen molar-refractivity contribution in [2.75, 3.05) is 0 Å². The Labute approximate surface area is 406 Å². The van der Waals surface area contributed by atoms with Gasteiger partial charge in [0, 0.05) is 22.4 Å². The molecule has 69 heavy (non-hydrogen) atoms. The molecule has 0 saturated heterocycles. The van der Waals surface area contributed by atoms with Gasteiger partial charge in [0.15, 0.2) is 0 Å². The molecule has 0 fully saturated rings. The van der Waals surface area contributed by atoms with Crippen molar-refractivity contribution in [3.05, 3.63) is 267 Å². The number of benzene rings is 9. The highest BCUT2D eigenvalue weighted by molar-refractivity contribution is 6.03. The van der Waals surface area contributed by atoms with E-state index < -0.39 is 10.8 Å². The van der Waals surface area contributed by atoms with E-state index in [1.165, 1.54) is 111 Å². The molecule has 5 aliphatic rings. The molecule has 9 aromatic carbocycles. The molecule has 332 valence electrons. The Kier molecular flexibility index (Phi) is 8.26. The largest absolute Gasteiger partial charge is 0.456 e. The second-order valence-electron chi connectivity index (χ2n) is 22.3. The van der Waals surface area contributed by atoms with Crippen molar-refractivity contribution in [3.63, 3.8) is 0 Å². The van der Waals surface area contributed by atoms with Gasteiger partial charge < -0.3 is 4.74 Å². The van der Waals surface area contributed by atoms with Gasteiger partial charge in [0.1, 0.15) is 11.5 Å². The van der Waals surface area contributed by atoms with Crippen LogP contribution in [-0.4, -0.2) is 0 Å². The number of allylic oxidation sites excluding steroid dienone is 4. The van der Waals surface area contributed by atoms with Crippen molar-refractivity contribution in [1.29, 1.82) is 0 Å². The molecule has 0 saturated carbocycles. The molecular formula is C68H54O. The maximum absolute atomic E-state index is 7.08. The highest BCUT2D eigenvalue weighted by Gasteiger charge is 2.54. The summed E-state index contributed by atoms with van der Waals surface area (Å²) in [4.78, 5) is 0. The van der Waals surface area contributed by atoms with Crippen molar-refractivity contribution in [2.24, 2.45) is 0 Å². The van der Waals surface area contributed by atoms with Crippen LogP contribution in [0.15, 0.2) is 200 Å². The SMILES string of the molecule is CC(C)(C)c1ccc2c(c1)C1(c3ccccc3-c3ccc(C4C=CC(c5cc6c(c7ccccc57)Oc5ccccc5C65c6ccccc6-c6ccccc65)=CC4)cc31)c1cc(C(C)(C)C)ccc1-2. The number of hydrogen-bond acceptors (Lipinski definition) is 1. The molecule has 0 bridgehead atoms. The van der Waals surface area contributed by atoms with Gasteiger partial charge in [-0.15, -0.1) is 0 Å². The molecule has 1 nitrogen and oxygen atoms in total. The summed E-state index contributed by atoms with van der Waals surface area (Å²) in [6.45, 7) is 14.1. The van der Waals surface area contributed by atoms with Gasteiger partial charge in [0.05, 0.1) is 10.8 Å². The van der Waals surface area contributed by atoms with E-state index in [2.05, 4.69) is 242 Å². The first kappa shape index (κ1) is 40.6. The number of hydrogen-bond donors (Lipinski definition) is 0. The first-order valence-electron chi connectivity index (χ1n) is 24.9. The average Bonchev–Trinajstić information content (AvgIpc) is 3.95. The Morgan fingerprint density at radius 3 is 1.42 bits per heavy atom. The fraction of sp³-hybridized carbons (Fsp3) is 0.176. The third kappa shape index (κ3) is 5.37. The maximum atomic E-state index is 7.08. The van der Waals surface area contributed by atoms with Gasteiger partial charge in [-0.2, -0.15) is 0 Å². The molecule has 0 aromatic heterocycles. The quantitative estimate of drug-likeness (QED) is 0.168. The highest BCUT2D eigenvalue weighted by atomic mass is 16.5. The molecular weight excluding hydrogens is 833 g/mol. The molecule has 0 N–H and O–H groups in total. The van der Waals surface area contributed by atoms with E-state index in [4.69, 9.17) is 4.74 Å². The monoisotopic (exact) mass is 886 g/mol. The fourth-order valence-electron chi connectivity index (χ4n) is 13.3. The molecule has 2 spiro atoms. The fourth-order valence-corrected chi connectivity index (χ4v) is 13.3. The maximum Gasteiger partial charge on any atom is 0.140 e. The van der Waals surface area contributed by atoms with Crippen LogP contribution in [0.1, 0.15) is 121 Å². The van der Waals surface area contributed by atoms with Crippen LogP contribution in [0.2, 0.25) is 0 Å². The van der Waals surface area contributed by atoms with Crippen molar-refractivity contribution < 1.29 is 4.74 Å². The Hall–Kier alpha value is -7.48. The second kappa shape index (κ2) is 14.1. The third-order valence-corrected chi connectivity index (χ3v) is 16.6. The summed E-state index contributed by atoms with van der Waals surface area (Å²) in [5, 5.41) is 2.35. The number of rotatable bonds is 2. The van der Waals surface area contributed by atoms with Crippen molar-refractivity contribution in [2.45, 2.75) is 75.5 Å². The average molecular weight is 887 g/mol. The summed E-state index contributed by atoms with van der Waals surface area (Å²) in [7, 11) is 0. The summed E-state index contributed by atoms with van der Waals surface area (Å²) < 4.78 is 7.08. The van der Waals surface area contributed by atoms with Gasteiger partial charge in [-0.3, -0.25) is 0 Å². The summed E-state index contributed by atoms with van der Waals surface area (Å²) >= 11 is 0. The molecule has 0 amide bonds. The van der Waals surface area contributed by atoms with Gasteiger partial charge in [-0.1, -0.05) is 230 Å². The predicted molar refractivity (Wildman–Crippen MR) is 286 cm³/mol. The second-order valence-corrected chi connectivity index (χ2v) is 22.3. The Bertz CT molecular complexity index is 3650. The molecule has 1 heterocycles. The van der Waals surface area contributed by atoms with Crippen LogP contribution >= 0.6 is 0 Å². The number of fused-ring (bicyclic) bond motifs is 21. The van der Waals surface area contributed by atoms with E-state index >= 15 is 0 Å². The zero-order valence-corrected chi connectivity index (χ0v) is 40.2. The summed E-state index contributed by atoms with van der Waals surface area (Å²) in [5.41, 5.74) is 24.3. The van der Waals surface area contributed by atoms with E-state index in [1.54, 1.807) is 0 Å². The first-order chi connectivity index (χ1) is 33.5. The van der Waals surface area contributed by atoms with Crippen LogP contribution in [0, 0.1) is 0 Å². The van der Waals surface area contributed by atoms with E-state index in [0.717, 1.165) is 23.3 Å². The molecule has 14 rings (SSSR count). The summed E-state index contributed by atoms with van der Waals surface area (Å²) in [6, 6.07) is 69.5. The van der Waals surface area contributed by atoms with E-state index in [0.29, 0.717) is 0 Å². The standard InChI is InChI=1S/C68H54O/c1-65(2,3)44-32-35-51-52-36-33-45(66(4,5)6)39-61(52)68(60(51)38-44)57-24-14-11-20-49(57)50-34-31-43(37-59(50)68)41-27-29-42(30-28-41)54-40-62-64(53-21-8-7-17-46(53)54)69-63-26-16-15-25-58(63)67(62)55-22-12-9-18-47(55)48-19-10-13-23-56(48)67/h7-27,29-41H,28H2,1-6H3. The predicted octanol–water partition coefficient (Wildman–Crippen LogP) is 17.4. The van der Waals surface area contributed by atoms with Gasteiger partial charge in [0.25, 0.3) is 0 Å². The smallest absolute Gasteiger partial charge is 0.140 e. The molecule has 0 radical (unpaired) electrons. The lowest BCUT2D eigenvalue weighted by Gasteiger charge is -2.40. The molecule has 1 aliphatic heterocycles. The summed E-state index contributed by atoms with van der Waals surface area (Å²) in [6.07, 6.45) is 8.30. The van der Waals surface area contributed by atoms with E-state index in [9.17, 15) is 0 Å². The van der Waals surface area contributed by atoms with E-state index in [1.807, 2.05) is 0 Å². The molecule has 4 aliphatic carbocycles. The molecule has 1 heteroatoms. The van der Waals surface area contributed by atoms with E-state index in [-0.39, 0.29) is 16.7 Å². The van der Waals surface area contributed by atoms with Crippen LogP contribution in [0.4, 0.5) is 0 Å². The lowest BCUT2D eigenvalue weighted by Crippen LogP contribution is -2.32. The lowest BCUT2D eigenvalue weighted by atomic mass is 9.65. The lowest BCUT2D eigenvalue weighted by molar-refractivity contribution is 0.441. The van der Waals surface area contributed by atoms with Crippen LogP contribution in [0.25, 0.3) is 49.7 Å². The van der Waals surface area contributed by atoms with Crippen LogP contribution in [-0.2, 0) is 21.7 Å². The van der Waals surface area contributed by atoms with Crippen molar-refractivity contribution in [1.82, 2.24) is 0 Å².